The van der Waals surface area contributed by atoms with Crippen molar-refractivity contribution in [2.45, 2.75) is 0 Å². The molecule has 12 heavy (non-hydrogen) atoms. The lowest BCUT2D eigenvalue weighted by Gasteiger charge is -2.00. The van der Waals surface area contributed by atoms with Crippen molar-refractivity contribution in [3.05, 3.63) is 22.3 Å². The van der Waals surface area contributed by atoms with E-state index in [1.54, 1.807) is 0 Å². The fourth-order valence-electron chi connectivity index (χ4n) is 0.596. The number of pyridine rings is 1. The number of amides is 1. The molecule has 64 valence electrons. The molecule has 0 bridgehead atoms. The van der Waals surface area contributed by atoms with Crippen LogP contribution in [0.2, 0.25) is 10.2 Å². The van der Waals surface area contributed by atoms with E-state index in [-0.39, 0.29) is 16.0 Å². The SMILES string of the molecule is O=C(O)Nc1ccc(Cl)c(Cl)n1. The molecular formula is C6H4Cl2N2O2. The van der Waals surface area contributed by atoms with E-state index in [4.69, 9.17) is 28.3 Å². The van der Waals surface area contributed by atoms with E-state index in [2.05, 4.69) is 4.98 Å². The molecule has 0 atom stereocenters. The number of rotatable bonds is 1. The number of nitrogens with zero attached hydrogens (tertiary/aromatic N) is 1. The monoisotopic (exact) mass is 206 g/mol. The lowest BCUT2D eigenvalue weighted by atomic mass is 10.4. The summed E-state index contributed by atoms with van der Waals surface area (Å²) in [6.07, 6.45) is -1.19. The van der Waals surface area contributed by atoms with Gasteiger partial charge in [-0.05, 0) is 12.1 Å². The molecule has 2 N–H and O–H groups in total. The molecule has 0 spiro atoms. The van der Waals surface area contributed by atoms with E-state index >= 15 is 0 Å². The third kappa shape index (κ3) is 2.25. The fourth-order valence-corrected chi connectivity index (χ4v) is 0.856. The third-order valence-electron chi connectivity index (χ3n) is 1.04. The Morgan fingerprint density at radius 1 is 1.50 bits per heavy atom. The summed E-state index contributed by atoms with van der Waals surface area (Å²) in [5, 5.41) is 10.7. The molecule has 0 radical (unpaired) electrons. The molecule has 1 heterocycles. The van der Waals surface area contributed by atoms with Gasteiger partial charge in [-0.25, -0.2) is 9.78 Å². The smallest absolute Gasteiger partial charge is 0.410 e. The summed E-state index contributed by atoms with van der Waals surface area (Å²) >= 11 is 11.1. The number of nitrogens with one attached hydrogen (secondary N) is 1. The van der Waals surface area contributed by atoms with Gasteiger partial charge in [0.25, 0.3) is 0 Å². The Labute approximate surface area is 78.1 Å². The molecule has 0 aliphatic rings. The quantitative estimate of drug-likeness (QED) is 0.695. The summed E-state index contributed by atoms with van der Waals surface area (Å²) in [5.74, 6) is 0.150. The van der Waals surface area contributed by atoms with Gasteiger partial charge in [-0.3, -0.25) is 5.32 Å². The van der Waals surface area contributed by atoms with Crippen LogP contribution >= 0.6 is 23.2 Å². The summed E-state index contributed by atoms with van der Waals surface area (Å²) in [5.41, 5.74) is 0. The summed E-state index contributed by atoms with van der Waals surface area (Å²) in [6, 6.07) is 2.88. The predicted octanol–water partition coefficient (Wildman–Crippen LogP) is 2.48. The molecule has 1 aromatic rings. The average molecular weight is 207 g/mol. The van der Waals surface area contributed by atoms with E-state index in [1.807, 2.05) is 5.32 Å². The van der Waals surface area contributed by atoms with Crippen molar-refractivity contribution in [3.63, 3.8) is 0 Å². The highest BCUT2D eigenvalue weighted by Crippen LogP contribution is 2.20. The van der Waals surface area contributed by atoms with Gasteiger partial charge in [-0.1, -0.05) is 23.2 Å². The second-order valence-corrected chi connectivity index (χ2v) is 2.66. The largest absolute Gasteiger partial charge is 0.465 e. The van der Waals surface area contributed by atoms with Gasteiger partial charge in [0.15, 0.2) is 0 Å². The lowest BCUT2D eigenvalue weighted by Crippen LogP contribution is -2.08. The van der Waals surface area contributed by atoms with Crippen LogP contribution < -0.4 is 5.32 Å². The van der Waals surface area contributed by atoms with Crippen LogP contribution in [0.3, 0.4) is 0 Å². The zero-order chi connectivity index (χ0) is 9.14. The van der Waals surface area contributed by atoms with Crippen molar-refractivity contribution in [2.75, 3.05) is 5.32 Å². The zero-order valence-corrected chi connectivity index (χ0v) is 7.23. The molecule has 1 rings (SSSR count). The Hall–Kier alpha value is -1.000. The Bertz CT molecular complexity index is 316. The number of anilines is 1. The topological polar surface area (TPSA) is 62.2 Å². The van der Waals surface area contributed by atoms with Crippen molar-refractivity contribution in [1.82, 2.24) is 4.98 Å². The van der Waals surface area contributed by atoms with Gasteiger partial charge < -0.3 is 5.11 Å². The van der Waals surface area contributed by atoms with E-state index in [0.29, 0.717) is 0 Å². The second kappa shape index (κ2) is 3.60. The van der Waals surface area contributed by atoms with E-state index in [1.165, 1.54) is 12.1 Å². The van der Waals surface area contributed by atoms with Gasteiger partial charge in [0, 0.05) is 0 Å². The molecule has 0 aliphatic carbocycles. The van der Waals surface area contributed by atoms with Crippen LogP contribution in [-0.2, 0) is 0 Å². The molecule has 0 fully saturated rings. The fraction of sp³-hybridized carbons (Fsp3) is 0. The van der Waals surface area contributed by atoms with Gasteiger partial charge >= 0.3 is 6.09 Å². The number of hydrogen-bond donors (Lipinski definition) is 2. The molecule has 0 saturated carbocycles. The van der Waals surface area contributed by atoms with Crippen LogP contribution in [0.4, 0.5) is 10.6 Å². The van der Waals surface area contributed by atoms with Crippen LogP contribution in [0.15, 0.2) is 12.1 Å². The number of aromatic nitrogens is 1. The van der Waals surface area contributed by atoms with E-state index < -0.39 is 6.09 Å². The second-order valence-electron chi connectivity index (χ2n) is 1.90. The normalized spacial score (nSPS) is 9.50. The lowest BCUT2D eigenvalue weighted by molar-refractivity contribution is 0.209. The number of hydrogen-bond acceptors (Lipinski definition) is 2. The first-order valence-corrected chi connectivity index (χ1v) is 3.67. The minimum Gasteiger partial charge on any atom is -0.465 e. The highest BCUT2D eigenvalue weighted by Gasteiger charge is 2.02. The van der Waals surface area contributed by atoms with Crippen LogP contribution in [-0.4, -0.2) is 16.2 Å². The average Bonchev–Trinajstić information content (AvgIpc) is 1.96. The first-order chi connectivity index (χ1) is 5.59. The van der Waals surface area contributed by atoms with Crippen molar-refractivity contribution >= 4 is 35.1 Å². The molecular weight excluding hydrogens is 203 g/mol. The van der Waals surface area contributed by atoms with E-state index in [9.17, 15) is 4.79 Å². The third-order valence-corrected chi connectivity index (χ3v) is 1.73. The van der Waals surface area contributed by atoms with Crippen LogP contribution in [0, 0.1) is 0 Å². The molecule has 0 unspecified atom stereocenters. The van der Waals surface area contributed by atoms with Crippen LogP contribution in [0.5, 0.6) is 0 Å². The number of carboxylic acid groups (broad SMARTS) is 1. The Morgan fingerprint density at radius 3 is 2.67 bits per heavy atom. The zero-order valence-electron chi connectivity index (χ0n) is 5.71. The van der Waals surface area contributed by atoms with Gasteiger partial charge in [-0.15, -0.1) is 0 Å². The van der Waals surface area contributed by atoms with Gasteiger partial charge in [0.1, 0.15) is 11.0 Å². The van der Waals surface area contributed by atoms with Gasteiger partial charge in [0.05, 0.1) is 5.02 Å². The van der Waals surface area contributed by atoms with Crippen LogP contribution in [0.25, 0.3) is 0 Å². The summed E-state index contributed by atoms with van der Waals surface area (Å²) < 4.78 is 0. The van der Waals surface area contributed by atoms with Gasteiger partial charge in [0.2, 0.25) is 0 Å². The van der Waals surface area contributed by atoms with Crippen molar-refractivity contribution < 1.29 is 9.90 Å². The maximum absolute atomic E-state index is 10.1. The summed E-state index contributed by atoms with van der Waals surface area (Å²) in [6.45, 7) is 0. The van der Waals surface area contributed by atoms with Crippen molar-refractivity contribution in [2.24, 2.45) is 0 Å². The molecule has 1 aromatic heterocycles. The predicted molar refractivity (Wildman–Crippen MR) is 45.9 cm³/mol. The first kappa shape index (κ1) is 9.09. The standard InChI is InChI=1S/C6H4Cl2N2O2/c7-3-1-2-4(9-5(3)8)10-6(11)12/h1-2H,(H,9,10)(H,11,12). The molecule has 4 nitrogen and oxygen atoms in total. The summed E-state index contributed by atoms with van der Waals surface area (Å²) in [7, 11) is 0. The maximum Gasteiger partial charge on any atom is 0.410 e. The molecule has 6 heteroatoms. The molecule has 0 aromatic carbocycles. The van der Waals surface area contributed by atoms with Crippen molar-refractivity contribution in [1.29, 1.82) is 0 Å². The molecule has 0 aliphatic heterocycles. The molecule has 1 amide bonds. The first-order valence-electron chi connectivity index (χ1n) is 2.91. The maximum atomic E-state index is 10.1. The van der Waals surface area contributed by atoms with Crippen LogP contribution in [0.1, 0.15) is 0 Å². The molecule has 0 saturated heterocycles. The van der Waals surface area contributed by atoms with Gasteiger partial charge in [-0.2, -0.15) is 0 Å². The van der Waals surface area contributed by atoms with Crippen molar-refractivity contribution in [3.8, 4) is 0 Å². The number of halogens is 2. The van der Waals surface area contributed by atoms with E-state index in [0.717, 1.165) is 0 Å². The number of carbonyl (C=O) groups is 1. The Kier molecular flexibility index (Phi) is 2.73. The summed E-state index contributed by atoms with van der Waals surface area (Å²) in [4.78, 5) is 13.8. The highest BCUT2D eigenvalue weighted by atomic mass is 35.5. The Morgan fingerprint density at radius 2 is 2.17 bits per heavy atom. The minimum absolute atomic E-state index is 0.0721. The Balaban J connectivity index is 2.89. The highest BCUT2D eigenvalue weighted by molar-refractivity contribution is 6.41. The minimum atomic E-state index is -1.19.